The zero-order chi connectivity index (χ0) is 7.02. The SMILES string of the molecule is CC1O[C@@H](C)C(N)[C@H]1C. The normalized spacial score (nSPS) is 52.0. The Balaban J connectivity index is 2.54. The van der Waals surface area contributed by atoms with E-state index in [1.165, 1.54) is 0 Å². The van der Waals surface area contributed by atoms with Crippen molar-refractivity contribution in [3.05, 3.63) is 0 Å². The van der Waals surface area contributed by atoms with Crippen molar-refractivity contribution in [1.82, 2.24) is 0 Å². The van der Waals surface area contributed by atoms with Crippen LogP contribution in [-0.2, 0) is 4.74 Å². The molecule has 0 amide bonds. The summed E-state index contributed by atoms with van der Waals surface area (Å²) in [5, 5.41) is 0. The summed E-state index contributed by atoms with van der Waals surface area (Å²) >= 11 is 0. The monoisotopic (exact) mass is 129 g/mol. The molecule has 1 rings (SSSR count). The van der Waals surface area contributed by atoms with Crippen molar-refractivity contribution in [3.8, 4) is 0 Å². The Morgan fingerprint density at radius 2 is 1.67 bits per heavy atom. The fraction of sp³-hybridized carbons (Fsp3) is 1.00. The van der Waals surface area contributed by atoms with E-state index in [2.05, 4.69) is 13.8 Å². The van der Waals surface area contributed by atoms with Crippen LogP contribution in [0.2, 0.25) is 0 Å². The minimum absolute atomic E-state index is 0.236. The maximum Gasteiger partial charge on any atom is 0.0705 e. The van der Waals surface area contributed by atoms with Gasteiger partial charge in [0.1, 0.15) is 0 Å². The Morgan fingerprint density at radius 1 is 1.11 bits per heavy atom. The van der Waals surface area contributed by atoms with Crippen LogP contribution in [-0.4, -0.2) is 18.2 Å². The highest BCUT2D eigenvalue weighted by molar-refractivity contribution is 4.86. The molecule has 2 nitrogen and oxygen atoms in total. The predicted molar refractivity (Wildman–Crippen MR) is 37.1 cm³/mol. The van der Waals surface area contributed by atoms with Crippen LogP contribution < -0.4 is 5.73 Å². The minimum atomic E-state index is 0.236. The van der Waals surface area contributed by atoms with Crippen LogP contribution in [0.3, 0.4) is 0 Å². The van der Waals surface area contributed by atoms with Gasteiger partial charge in [-0.25, -0.2) is 0 Å². The number of ether oxygens (including phenoxy) is 1. The molecule has 1 aliphatic rings. The predicted octanol–water partition coefficient (Wildman–Crippen LogP) is 0.757. The molecule has 0 saturated carbocycles. The lowest BCUT2D eigenvalue weighted by molar-refractivity contribution is 0.0559. The molecule has 0 aliphatic carbocycles. The average molecular weight is 129 g/mol. The first-order valence-corrected chi connectivity index (χ1v) is 3.54. The lowest BCUT2D eigenvalue weighted by atomic mass is 9.98. The molecule has 1 fully saturated rings. The van der Waals surface area contributed by atoms with E-state index in [1.807, 2.05) is 6.92 Å². The summed E-state index contributed by atoms with van der Waals surface area (Å²) in [6, 6.07) is 0.236. The van der Waals surface area contributed by atoms with Crippen LogP contribution in [0, 0.1) is 5.92 Å². The molecule has 2 N–H and O–H groups in total. The van der Waals surface area contributed by atoms with Crippen molar-refractivity contribution in [2.24, 2.45) is 11.7 Å². The summed E-state index contributed by atoms with van der Waals surface area (Å²) in [4.78, 5) is 0. The second-order valence-corrected chi connectivity index (χ2v) is 2.98. The summed E-state index contributed by atoms with van der Waals surface area (Å²) in [6.45, 7) is 6.25. The summed E-state index contributed by atoms with van der Waals surface area (Å²) in [5.41, 5.74) is 5.79. The summed E-state index contributed by atoms with van der Waals surface area (Å²) in [5.74, 6) is 0.514. The van der Waals surface area contributed by atoms with Crippen molar-refractivity contribution in [1.29, 1.82) is 0 Å². The maximum absolute atomic E-state index is 5.79. The second kappa shape index (κ2) is 2.27. The van der Waals surface area contributed by atoms with E-state index >= 15 is 0 Å². The molecule has 0 radical (unpaired) electrons. The standard InChI is InChI=1S/C7H15NO/c1-4-5(2)9-6(3)7(4)8/h4-7H,8H2,1-3H3/t4-,5?,6-,7?/m0/s1. The van der Waals surface area contributed by atoms with Crippen LogP contribution in [0.4, 0.5) is 0 Å². The molecule has 0 bridgehead atoms. The summed E-state index contributed by atoms with van der Waals surface area (Å²) < 4.78 is 5.46. The van der Waals surface area contributed by atoms with E-state index < -0.39 is 0 Å². The van der Waals surface area contributed by atoms with Gasteiger partial charge >= 0.3 is 0 Å². The van der Waals surface area contributed by atoms with E-state index in [1.54, 1.807) is 0 Å². The van der Waals surface area contributed by atoms with E-state index in [9.17, 15) is 0 Å². The first kappa shape index (κ1) is 7.03. The Kier molecular flexibility index (Phi) is 1.78. The number of rotatable bonds is 0. The minimum Gasteiger partial charge on any atom is -0.374 e. The van der Waals surface area contributed by atoms with Gasteiger partial charge in [0.05, 0.1) is 12.2 Å². The van der Waals surface area contributed by atoms with Gasteiger partial charge in [0.15, 0.2) is 0 Å². The lowest BCUT2D eigenvalue weighted by Crippen LogP contribution is -2.32. The van der Waals surface area contributed by atoms with Gasteiger partial charge in [0, 0.05) is 6.04 Å². The summed E-state index contributed by atoms with van der Waals surface area (Å²) in [6.07, 6.45) is 0.588. The average Bonchev–Trinajstić information content (AvgIpc) is 1.98. The fourth-order valence-electron chi connectivity index (χ4n) is 1.29. The van der Waals surface area contributed by atoms with Crippen molar-refractivity contribution < 1.29 is 4.74 Å². The molecule has 54 valence electrons. The highest BCUT2D eigenvalue weighted by Gasteiger charge is 2.33. The molecule has 9 heavy (non-hydrogen) atoms. The van der Waals surface area contributed by atoms with Crippen LogP contribution in [0.15, 0.2) is 0 Å². The highest BCUT2D eigenvalue weighted by Crippen LogP contribution is 2.23. The van der Waals surface area contributed by atoms with Crippen molar-refractivity contribution >= 4 is 0 Å². The molecule has 4 atom stereocenters. The summed E-state index contributed by atoms with van der Waals surface area (Å²) in [7, 11) is 0. The van der Waals surface area contributed by atoms with Crippen LogP contribution in [0.25, 0.3) is 0 Å². The molecule has 0 spiro atoms. The topological polar surface area (TPSA) is 35.2 Å². The van der Waals surface area contributed by atoms with Crippen LogP contribution in [0.5, 0.6) is 0 Å². The molecular formula is C7H15NO. The van der Waals surface area contributed by atoms with Gasteiger partial charge in [0.2, 0.25) is 0 Å². The van der Waals surface area contributed by atoms with E-state index in [0.717, 1.165) is 0 Å². The largest absolute Gasteiger partial charge is 0.374 e. The first-order valence-electron chi connectivity index (χ1n) is 3.54. The molecule has 2 unspecified atom stereocenters. The molecule has 1 aliphatic heterocycles. The fourth-order valence-corrected chi connectivity index (χ4v) is 1.29. The quantitative estimate of drug-likeness (QED) is 0.524. The molecular weight excluding hydrogens is 114 g/mol. The van der Waals surface area contributed by atoms with Crippen LogP contribution >= 0.6 is 0 Å². The van der Waals surface area contributed by atoms with Gasteiger partial charge in [-0.1, -0.05) is 6.92 Å². The van der Waals surface area contributed by atoms with Gasteiger partial charge in [-0.3, -0.25) is 0 Å². The third-order valence-electron chi connectivity index (χ3n) is 2.32. The molecule has 0 aromatic carbocycles. The number of nitrogens with two attached hydrogens (primary N) is 1. The van der Waals surface area contributed by atoms with Gasteiger partial charge in [0.25, 0.3) is 0 Å². The van der Waals surface area contributed by atoms with Gasteiger partial charge in [-0.2, -0.15) is 0 Å². The Bertz CT molecular complexity index is 93.1. The van der Waals surface area contributed by atoms with Gasteiger partial charge < -0.3 is 10.5 Å². The second-order valence-electron chi connectivity index (χ2n) is 2.98. The molecule has 1 heterocycles. The van der Waals surface area contributed by atoms with Crippen molar-refractivity contribution in [2.75, 3.05) is 0 Å². The number of hydrogen-bond donors (Lipinski definition) is 1. The van der Waals surface area contributed by atoms with E-state index in [0.29, 0.717) is 12.0 Å². The molecule has 1 saturated heterocycles. The number of hydrogen-bond acceptors (Lipinski definition) is 2. The molecule has 0 aromatic heterocycles. The molecule has 0 aromatic rings. The Hall–Kier alpha value is -0.0800. The van der Waals surface area contributed by atoms with E-state index in [4.69, 9.17) is 10.5 Å². The third-order valence-corrected chi connectivity index (χ3v) is 2.32. The Labute approximate surface area is 56.4 Å². The smallest absolute Gasteiger partial charge is 0.0705 e. The Morgan fingerprint density at radius 3 is 1.78 bits per heavy atom. The highest BCUT2D eigenvalue weighted by atomic mass is 16.5. The maximum atomic E-state index is 5.79. The zero-order valence-electron chi connectivity index (χ0n) is 6.29. The van der Waals surface area contributed by atoms with Gasteiger partial charge in [-0.15, -0.1) is 0 Å². The van der Waals surface area contributed by atoms with Gasteiger partial charge in [-0.05, 0) is 19.8 Å². The molecule has 2 heteroatoms. The third kappa shape index (κ3) is 1.10. The zero-order valence-corrected chi connectivity index (χ0v) is 6.29. The van der Waals surface area contributed by atoms with Crippen molar-refractivity contribution in [3.63, 3.8) is 0 Å². The van der Waals surface area contributed by atoms with E-state index in [-0.39, 0.29) is 12.1 Å². The lowest BCUT2D eigenvalue weighted by Gasteiger charge is -2.10. The van der Waals surface area contributed by atoms with Crippen molar-refractivity contribution in [2.45, 2.75) is 39.0 Å². The van der Waals surface area contributed by atoms with Crippen LogP contribution in [0.1, 0.15) is 20.8 Å². The first-order chi connectivity index (χ1) is 4.13.